The molecule has 1 saturated heterocycles. The van der Waals surface area contributed by atoms with Gasteiger partial charge in [-0.15, -0.1) is 6.58 Å². The number of carbonyl (C=O) groups excluding carboxylic acids is 2. The van der Waals surface area contributed by atoms with Crippen molar-refractivity contribution in [2.24, 2.45) is 0 Å². The minimum Gasteiger partial charge on any atom is -0.508 e. The molecule has 3 heterocycles. The van der Waals surface area contributed by atoms with E-state index in [9.17, 15) is 14.7 Å². The average Bonchev–Trinajstić information content (AvgIpc) is 3.23. The predicted octanol–water partition coefficient (Wildman–Crippen LogP) is 4.31. The molecule has 2 aliphatic heterocycles. The summed E-state index contributed by atoms with van der Waals surface area (Å²) in [5.41, 5.74) is 2.38. The topological polar surface area (TPSA) is 79.9 Å². The average molecular weight is 479 g/mol. The number of imide groups is 1. The summed E-state index contributed by atoms with van der Waals surface area (Å²) >= 11 is 6.31. The molecule has 8 heteroatoms. The van der Waals surface area contributed by atoms with E-state index in [1.54, 1.807) is 29.2 Å². The lowest BCUT2D eigenvalue weighted by Gasteiger charge is -2.42. The maximum absolute atomic E-state index is 13.8. The van der Waals surface area contributed by atoms with Crippen molar-refractivity contribution in [2.75, 3.05) is 26.7 Å². The van der Waals surface area contributed by atoms with Gasteiger partial charge >= 0.3 is 6.03 Å². The number of phenols is 1. The number of urea groups is 1. The Labute approximate surface area is 203 Å². The van der Waals surface area contributed by atoms with Crippen molar-refractivity contribution in [3.63, 3.8) is 0 Å². The van der Waals surface area contributed by atoms with Gasteiger partial charge in [0, 0.05) is 47.7 Å². The van der Waals surface area contributed by atoms with Crippen LogP contribution in [0.15, 0.2) is 55.1 Å². The van der Waals surface area contributed by atoms with Crippen molar-refractivity contribution in [3.8, 4) is 5.75 Å². The van der Waals surface area contributed by atoms with Crippen LogP contribution in [0.3, 0.4) is 0 Å². The Bertz CT molecular complexity index is 1320. The highest BCUT2D eigenvalue weighted by molar-refractivity contribution is 6.31. The molecule has 0 aliphatic carbocycles. The molecule has 0 bridgehead atoms. The molecule has 0 spiro atoms. The third kappa shape index (κ3) is 3.38. The third-order valence-electron chi connectivity index (χ3n) is 6.96. The fraction of sp³-hybridized carbons (Fsp3) is 0.308. The van der Waals surface area contributed by atoms with Crippen LogP contribution in [-0.4, -0.2) is 68.9 Å². The van der Waals surface area contributed by atoms with E-state index in [1.807, 2.05) is 43.1 Å². The lowest BCUT2D eigenvalue weighted by molar-refractivity contribution is -0.133. The highest BCUT2D eigenvalue weighted by atomic mass is 35.5. The van der Waals surface area contributed by atoms with Crippen LogP contribution in [-0.2, 0) is 11.2 Å². The van der Waals surface area contributed by atoms with Crippen LogP contribution < -0.4 is 0 Å². The molecule has 0 radical (unpaired) electrons. The van der Waals surface area contributed by atoms with Crippen LogP contribution in [0, 0.1) is 0 Å². The largest absolute Gasteiger partial charge is 0.508 e. The quantitative estimate of drug-likeness (QED) is 0.408. The molecule has 7 nitrogen and oxygen atoms in total. The molecule has 1 aromatic heterocycles. The Morgan fingerprint density at radius 2 is 2.09 bits per heavy atom. The summed E-state index contributed by atoms with van der Waals surface area (Å²) in [6.45, 7) is 7.09. The van der Waals surface area contributed by atoms with Gasteiger partial charge in [-0.2, -0.15) is 0 Å². The fourth-order valence-corrected chi connectivity index (χ4v) is 5.48. The second-order valence-electron chi connectivity index (χ2n) is 9.32. The number of hydrogen-bond acceptors (Lipinski definition) is 4. The summed E-state index contributed by atoms with van der Waals surface area (Å²) in [6.07, 6.45) is 2.17. The molecule has 0 saturated carbocycles. The van der Waals surface area contributed by atoms with Crippen LogP contribution in [0.2, 0.25) is 5.02 Å². The van der Waals surface area contributed by atoms with Gasteiger partial charge in [0.15, 0.2) is 0 Å². The van der Waals surface area contributed by atoms with Crippen molar-refractivity contribution >= 4 is 34.4 Å². The SMILES string of the molecule is C=CCN(C)CCN1C(=O)N2[C@H](c3cccc(O)c3)c3[nH]c4ccc(Cl)cc4c3C[C@@]2(C)C1=O. The molecule has 2 atom stereocenters. The van der Waals surface area contributed by atoms with Gasteiger partial charge in [0.25, 0.3) is 5.91 Å². The number of benzene rings is 2. The molecule has 0 unspecified atom stereocenters. The smallest absolute Gasteiger partial charge is 0.328 e. The zero-order valence-corrected chi connectivity index (χ0v) is 20.0. The Morgan fingerprint density at radius 3 is 2.82 bits per heavy atom. The first kappa shape index (κ1) is 22.5. The van der Waals surface area contributed by atoms with Gasteiger partial charge in [-0.3, -0.25) is 14.6 Å². The van der Waals surface area contributed by atoms with E-state index >= 15 is 0 Å². The van der Waals surface area contributed by atoms with E-state index in [2.05, 4.69) is 11.6 Å². The molecule has 3 amide bonds. The summed E-state index contributed by atoms with van der Waals surface area (Å²) in [5, 5.41) is 11.8. The van der Waals surface area contributed by atoms with Gasteiger partial charge < -0.3 is 15.0 Å². The second kappa shape index (κ2) is 8.18. The van der Waals surface area contributed by atoms with E-state index in [0.717, 1.165) is 27.7 Å². The molecule has 2 aromatic carbocycles. The number of rotatable bonds is 6. The minimum absolute atomic E-state index is 0.103. The standard InChI is InChI=1S/C26H27ClN4O3/c1-4-10-29(3)11-12-30-24(33)26(2)15-20-19-14-17(27)8-9-21(19)28-22(20)23(31(26)25(30)34)16-6-5-7-18(32)13-16/h4-9,13-14,23,28,32H,1,10-12,15H2,2-3H3/t23-,26+/m1/s1. The zero-order valence-electron chi connectivity index (χ0n) is 19.2. The lowest BCUT2D eigenvalue weighted by atomic mass is 9.81. The number of hydrogen-bond donors (Lipinski definition) is 2. The number of nitrogens with one attached hydrogen (secondary N) is 1. The summed E-state index contributed by atoms with van der Waals surface area (Å²) in [5.74, 6) is -0.108. The van der Waals surface area contributed by atoms with E-state index in [4.69, 9.17) is 11.6 Å². The zero-order chi connectivity index (χ0) is 24.2. The molecular weight excluding hydrogens is 452 g/mol. The van der Waals surface area contributed by atoms with Gasteiger partial charge in [-0.25, -0.2) is 4.79 Å². The number of phenolic OH excluding ortho intramolecular Hbond substituents is 1. The lowest BCUT2D eigenvalue weighted by Crippen LogP contribution is -2.53. The van der Waals surface area contributed by atoms with E-state index in [1.165, 1.54) is 4.90 Å². The van der Waals surface area contributed by atoms with Crippen molar-refractivity contribution in [1.82, 2.24) is 19.7 Å². The molecule has 1 fully saturated rings. The Balaban J connectivity index is 1.65. The van der Waals surface area contributed by atoms with Gasteiger partial charge in [-0.05, 0) is 55.4 Å². The van der Waals surface area contributed by atoms with Crippen LogP contribution >= 0.6 is 11.6 Å². The Morgan fingerprint density at radius 1 is 1.29 bits per heavy atom. The maximum atomic E-state index is 13.8. The molecule has 176 valence electrons. The molecule has 34 heavy (non-hydrogen) atoms. The van der Waals surface area contributed by atoms with Crippen molar-refractivity contribution < 1.29 is 14.7 Å². The predicted molar refractivity (Wildman–Crippen MR) is 132 cm³/mol. The van der Waals surface area contributed by atoms with Crippen LogP contribution in [0.4, 0.5) is 4.79 Å². The van der Waals surface area contributed by atoms with Gasteiger partial charge in [-0.1, -0.05) is 29.8 Å². The van der Waals surface area contributed by atoms with Crippen molar-refractivity contribution in [1.29, 1.82) is 0 Å². The van der Waals surface area contributed by atoms with Crippen LogP contribution in [0.1, 0.15) is 29.8 Å². The number of amides is 3. The van der Waals surface area contributed by atoms with Gasteiger partial charge in [0.2, 0.25) is 0 Å². The number of nitrogens with zero attached hydrogens (tertiary/aromatic N) is 3. The summed E-state index contributed by atoms with van der Waals surface area (Å²) in [4.78, 5) is 36.1. The fourth-order valence-electron chi connectivity index (χ4n) is 5.31. The highest BCUT2D eigenvalue weighted by Gasteiger charge is 2.60. The first-order chi connectivity index (χ1) is 16.2. The Kier molecular flexibility index (Phi) is 5.41. The number of likely N-dealkylation sites (N-methyl/N-ethyl adjacent to an activating group) is 1. The molecule has 2 aliphatic rings. The monoisotopic (exact) mass is 478 g/mol. The number of halogens is 1. The number of aromatic amines is 1. The number of fused-ring (bicyclic) bond motifs is 4. The molecule has 2 N–H and O–H groups in total. The number of aromatic nitrogens is 1. The minimum atomic E-state index is -1.06. The second-order valence-corrected chi connectivity index (χ2v) is 9.75. The normalized spacial score (nSPS) is 21.9. The summed E-state index contributed by atoms with van der Waals surface area (Å²) in [6, 6.07) is 11.6. The maximum Gasteiger partial charge on any atom is 0.328 e. The number of carbonyl (C=O) groups is 2. The Hall–Kier alpha value is -3.29. The highest BCUT2D eigenvalue weighted by Crippen LogP contribution is 2.49. The van der Waals surface area contributed by atoms with Crippen molar-refractivity contribution in [3.05, 3.63) is 77.0 Å². The van der Waals surface area contributed by atoms with E-state index < -0.39 is 11.6 Å². The number of H-pyrrole nitrogens is 1. The summed E-state index contributed by atoms with van der Waals surface area (Å²) < 4.78 is 0. The van der Waals surface area contributed by atoms with Crippen molar-refractivity contribution in [2.45, 2.75) is 24.9 Å². The third-order valence-corrected chi connectivity index (χ3v) is 7.20. The van der Waals surface area contributed by atoms with Gasteiger partial charge in [0.1, 0.15) is 17.3 Å². The van der Waals surface area contributed by atoms with Crippen LogP contribution in [0.5, 0.6) is 5.75 Å². The van der Waals surface area contributed by atoms with Crippen LogP contribution in [0.25, 0.3) is 10.9 Å². The molecular formula is C26H27ClN4O3. The first-order valence-corrected chi connectivity index (χ1v) is 11.7. The molecule has 3 aromatic rings. The summed E-state index contributed by atoms with van der Waals surface area (Å²) in [7, 11) is 1.93. The number of aromatic hydroxyl groups is 1. The molecule has 5 rings (SSSR count). The van der Waals surface area contributed by atoms with E-state index in [0.29, 0.717) is 31.1 Å². The van der Waals surface area contributed by atoms with E-state index in [-0.39, 0.29) is 17.7 Å². The van der Waals surface area contributed by atoms with Gasteiger partial charge in [0.05, 0.1) is 0 Å². The first-order valence-electron chi connectivity index (χ1n) is 11.3.